The Morgan fingerprint density at radius 2 is 0.680 bits per heavy atom. The molecule has 0 atom stereocenters. The predicted octanol–water partition coefficient (Wildman–Crippen LogP) is 8.78. The summed E-state index contributed by atoms with van der Waals surface area (Å²) in [6.07, 6.45) is -18.6. The van der Waals surface area contributed by atoms with E-state index in [4.69, 9.17) is 0 Å². The molecule has 5 aromatic rings. The average molecular weight is 704 g/mol. The van der Waals surface area contributed by atoms with Crippen LogP contribution in [0.1, 0.15) is 33.4 Å². The van der Waals surface area contributed by atoms with Gasteiger partial charge < -0.3 is 0 Å². The van der Waals surface area contributed by atoms with Gasteiger partial charge >= 0.3 is 24.7 Å². The van der Waals surface area contributed by atoms with E-state index in [9.17, 15) is 73.7 Å². The van der Waals surface area contributed by atoms with E-state index in [0.717, 1.165) is 12.1 Å². The van der Waals surface area contributed by atoms with Gasteiger partial charge in [0, 0.05) is 32.7 Å². The molecule has 0 aliphatic heterocycles. The first-order valence-electron chi connectivity index (χ1n) is 13.2. The second-order valence-electron chi connectivity index (χ2n) is 10.4. The molecule has 50 heavy (non-hydrogen) atoms. The first-order chi connectivity index (χ1) is 23.1. The van der Waals surface area contributed by atoms with Crippen molar-refractivity contribution in [2.75, 3.05) is 0 Å². The van der Waals surface area contributed by atoms with Gasteiger partial charge in [0.1, 0.15) is 12.1 Å². The summed E-state index contributed by atoms with van der Waals surface area (Å²) in [5.41, 5.74) is -11.4. The molecule has 5 aromatic carbocycles. The molecule has 0 N–H and O–H groups in total. The Hall–Kier alpha value is -6.40. The summed E-state index contributed by atoms with van der Waals surface area (Å²) in [5.74, 6) is 0. The topological polar surface area (TPSA) is 120 Å². The number of fused-ring (bicyclic) bond motifs is 2. The third-order valence-electron chi connectivity index (χ3n) is 7.48. The second-order valence-corrected chi connectivity index (χ2v) is 10.4. The highest BCUT2D eigenvalue weighted by molar-refractivity contribution is 6.10. The number of rotatable bonds is 2. The molecule has 0 unspecified atom stereocenters. The van der Waals surface area contributed by atoms with Gasteiger partial charge in [0.15, 0.2) is 0 Å². The van der Waals surface area contributed by atoms with E-state index >= 15 is 0 Å². The molecule has 6 nitrogen and oxygen atoms in total. The van der Waals surface area contributed by atoms with Gasteiger partial charge in [-0.05, 0) is 59.7 Å². The van der Waals surface area contributed by atoms with Gasteiger partial charge in [0.2, 0.25) is 12.4 Å². The Kier molecular flexibility index (Phi) is 8.13. The van der Waals surface area contributed by atoms with Gasteiger partial charge in [-0.25, -0.2) is 0 Å². The molecule has 0 aliphatic carbocycles. The number of benzene rings is 3. The van der Waals surface area contributed by atoms with Crippen LogP contribution in [0, 0.1) is 45.6 Å². The first-order valence-corrected chi connectivity index (χ1v) is 13.2. The van der Waals surface area contributed by atoms with Crippen LogP contribution in [0.3, 0.4) is 0 Å². The summed E-state index contributed by atoms with van der Waals surface area (Å²) < 4.78 is 164. The SMILES string of the molecule is N#C/N=c1/c(-c2cc(C(F)(F)F)cc(C(F)(F)F)c2)c(C#N)c2cc3c(C#N)c(-c4cc(C(F)(F)F)cc(C(F)(F)F)c4)/c(=N/C#N)c3cc12. The highest BCUT2D eigenvalue weighted by Gasteiger charge is 2.39. The molecular formula is C32H8F12N6. The fourth-order valence-electron chi connectivity index (χ4n) is 5.51. The van der Waals surface area contributed by atoms with Crippen LogP contribution >= 0.6 is 0 Å². The summed E-state index contributed by atoms with van der Waals surface area (Å²) in [6, 6.07) is 5.92. The number of hydrogen-bond acceptors (Lipinski definition) is 6. The number of halogens is 12. The smallest absolute Gasteiger partial charge is 0.192 e. The number of alkyl halides is 12. The van der Waals surface area contributed by atoms with Crippen molar-refractivity contribution in [1.29, 1.82) is 21.0 Å². The van der Waals surface area contributed by atoms with E-state index in [1.54, 1.807) is 12.1 Å². The molecule has 0 spiro atoms. The largest absolute Gasteiger partial charge is 0.416 e. The zero-order valence-electron chi connectivity index (χ0n) is 23.8. The van der Waals surface area contributed by atoms with Crippen molar-refractivity contribution < 1.29 is 52.7 Å². The minimum absolute atomic E-state index is 0.179. The standard InChI is InChI=1S/C32H8F12N6/c33-29(34,35)15-1-13(2-16(5-15)30(36,37)38)25-23(9-45)19-7-20-22(8-21(19)27(25)49-11-47)28(50-12-48)26(24(20)10-46)14-3-17(31(39,40)41)6-18(4-14)32(42,43)44/h1-8H/b49-27+,50-28+. The molecule has 0 heterocycles. The quantitative estimate of drug-likeness (QED) is 0.135. The lowest BCUT2D eigenvalue weighted by Crippen LogP contribution is -2.12. The summed E-state index contributed by atoms with van der Waals surface area (Å²) in [7, 11) is 0. The number of hydrogen-bond donors (Lipinski definition) is 0. The Labute approximate surface area is 269 Å². The van der Waals surface area contributed by atoms with Crippen molar-refractivity contribution in [2.24, 2.45) is 9.98 Å². The van der Waals surface area contributed by atoms with Crippen LogP contribution in [0.5, 0.6) is 0 Å². The molecule has 0 aliphatic rings. The Balaban J connectivity index is 1.99. The van der Waals surface area contributed by atoms with Gasteiger partial charge in [-0.15, -0.1) is 0 Å². The summed E-state index contributed by atoms with van der Waals surface area (Å²) in [5, 5.41) is 36.4. The number of nitrogens with zero attached hydrogens (tertiary/aromatic N) is 6. The van der Waals surface area contributed by atoms with Crippen molar-refractivity contribution in [3.63, 3.8) is 0 Å². The highest BCUT2D eigenvalue weighted by atomic mass is 19.4. The van der Waals surface area contributed by atoms with E-state index in [1.165, 1.54) is 12.4 Å². The molecular weight excluding hydrogens is 696 g/mol. The Morgan fingerprint density at radius 3 is 0.920 bits per heavy atom. The molecule has 250 valence electrons. The summed E-state index contributed by atoms with van der Waals surface area (Å²) in [6.45, 7) is 0. The van der Waals surface area contributed by atoms with Gasteiger partial charge in [-0.2, -0.15) is 83.7 Å². The van der Waals surface area contributed by atoms with E-state index in [0.29, 0.717) is 0 Å². The minimum Gasteiger partial charge on any atom is -0.192 e. The maximum atomic E-state index is 13.7. The van der Waals surface area contributed by atoms with Gasteiger partial charge in [-0.1, -0.05) is 0 Å². The van der Waals surface area contributed by atoms with Crippen LogP contribution in [0.15, 0.2) is 58.5 Å². The van der Waals surface area contributed by atoms with Crippen LogP contribution in [0.25, 0.3) is 43.8 Å². The average Bonchev–Trinajstić information content (AvgIpc) is 3.49. The molecule has 0 saturated carbocycles. The third kappa shape index (κ3) is 5.92. The van der Waals surface area contributed by atoms with Crippen LogP contribution in [0.2, 0.25) is 0 Å². The normalized spacial score (nSPS) is 13.4. The van der Waals surface area contributed by atoms with E-state index < -0.39 is 91.1 Å². The molecule has 0 amide bonds. The van der Waals surface area contributed by atoms with Crippen molar-refractivity contribution in [3.8, 4) is 46.8 Å². The van der Waals surface area contributed by atoms with E-state index in [1.807, 2.05) is 0 Å². The van der Waals surface area contributed by atoms with Crippen LogP contribution < -0.4 is 10.7 Å². The lowest BCUT2D eigenvalue weighted by molar-refractivity contribution is -0.144. The van der Waals surface area contributed by atoms with Crippen molar-refractivity contribution in [1.82, 2.24) is 0 Å². The zero-order valence-corrected chi connectivity index (χ0v) is 23.8. The third-order valence-corrected chi connectivity index (χ3v) is 7.48. The number of nitriles is 4. The van der Waals surface area contributed by atoms with Crippen LogP contribution in [-0.4, -0.2) is 0 Å². The Bertz CT molecular complexity index is 2300. The summed E-state index contributed by atoms with van der Waals surface area (Å²) >= 11 is 0. The molecule has 0 saturated heterocycles. The lowest BCUT2D eigenvalue weighted by Gasteiger charge is -2.14. The Morgan fingerprint density at radius 1 is 0.400 bits per heavy atom. The predicted molar refractivity (Wildman–Crippen MR) is 146 cm³/mol. The van der Waals surface area contributed by atoms with Crippen molar-refractivity contribution in [3.05, 3.63) is 92.6 Å². The van der Waals surface area contributed by atoms with Gasteiger partial charge in [0.05, 0.1) is 44.1 Å². The van der Waals surface area contributed by atoms with Crippen molar-refractivity contribution >= 4 is 21.5 Å². The molecule has 0 radical (unpaired) electrons. The van der Waals surface area contributed by atoms with E-state index in [2.05, 4.69) is 9.98 Å². The lowest BCUT2D eigenvalue weighted by atomic mass is 9.97. The maximum absolute atomic E-state index is 13.7. The molecule has 5 rings (SSSR count). The van der Waals surface area contributed by atoms with Crippen LogP contribution in [-0.2, 0) is 24.7 Å². The molecule has 0 fully saturated rings. The first kappa shape index (κ1) is 34.9. The zero-order chi connectivity index (χ0) is 37.1. The van der Waals surface area contributed by atoms with E-state index in [-0.39, 0.29) is 57.9 Å². The van der Waals surface area contributed by atoms with Gasteiger partial charge in [0.25, 0.3) is 0 Å². The second kappa shape index (κ2) is 11.6. The van der Waals surface area contributed by atoms with Crippen LogP contribution in [0.4, 0.5) is 52.7 Å². The molecule has 0 aromatic heterocycles. The van der Waals surface area contributed by atoms with Crippen molar-refractivity contribution in [2.45, 2.75) is 24.7 Å². The minimum atomic E-state index is -5.32. The maximum Gasteiger partial charge on any atom is 0.416 e. The fourth-order valence-corrected chi connectivity index (χ4v) is 5.51. The monoisotopic (exact) mass is 704 g/mol. The molecule has 0 bridgehead atoms. The molecule has 18 heteroatoms. The fraction of sp³-hybridized carbons (Fsp3) is 0.125. The summed E-state index contributed by atoms with van der Waals surface area (Å²) in [4.78, 5) is 7.02. The highest BCUT2D eigenvalue weighted by Crippen LogP contribution is 2.43. The van der Waals surface area contributed by atoms with Gasteiger partial charge in [-0.3, -0.25) is 0 Å².